The summed E-state index contributed by atoms with van der Waals surface area (Å²) < 4.78 is 12.9. The molecule has 2 aromatic rings. The van der Waals surface area contributed by atoms with Crippen molar-refractivity contribution in [2.24, 2.45) is 10.9 Å². The zero-order valence-electron chi connectivity index (χ0n) is 17.0. The van der Waals surface area contributed by atoms with E-state index in [1.807, 2.05) is 31.7 Å². The molecule has 0 saturated carbocycles. The van der Waals surface area contributed by atoms with Crippen LogP contribution in [0.3, 0.4) is 0 Å². The van der Waals surface area contributed by atoms with Gasteiger partial charge in [0.25, 0.3) is 0 Å². The zero-order valence-corrected chi connectivity index (χ0v) is 17.0. The summed E-state index contributed by atoms with van der Waals surface area (Å²) in [6, 6.07) is 8.54. The summed E-state index contributed by atoms with van der Waals surface area (Å²) in [6.45, 7) is 6.09. The summed E-state index contributed by atoms with van der Waals surface area (Å²) in [4.78, 5) is 11.1. The molecule has 0 amide bonds. The minimum Gasteiger partial charge on any atom is -0.491 e. The van der Waals surface area contributed by atoms with Crippen LogP contribution in [0.4, 0.5) is 0 Å². The van der Waals surface area contributed by atoms with Gasteiger partial charge >= 0.3 is 0 Å². The third-order valence-corrected chi connectivity index (χ3v) is 5.24. The number of nitrogens with one attached hydrogen (secondary N) is 1. The molecule has 1 N–H and O–H groups in total. The fourth-order valence-corrected chi connectivity index (χ4v) is 3.60. The topological polar surface area (TPSA) is 63.9 Å². The van der Waals surface area contributed by atoms with E-state index in [0.717, 1.165) is 36.8 Å². The summed E-state index contributed by atoms with van der Waals surface area (Å²) in [7, 11) is 3.52. The SMILES string of the molecule is CN=C(NCc1cccc(OCCOC)c1)N1CCC(C)C(n2ccnc2)C1. The predicted octanol–water partition coefficient (Wildman–Crippen LogP) is 2.57. The van der Waals surface area contributed by atoms with E-state index in [1.54, 1.807) is 7.11 Å². The van der Waals surface area contributed by atoms with E-state index in [2.05, 4.69) is 50.0 Å². The van der Waals surface area contributed by atoms with Crippen LogP contribution in [0.15, 0.2) is 48.0 Å². The van der Waals surface area contributed by atoms with E-state index in [-0.39, 0.29) is 0 Å². The lowest BCUT2D eigenvalue weighted by molar-refractivity contribution is 0.146. The number of nitrogens with zero attached hydrogens (tertiary/aromatic N) is 4. The number of aliphatic imine (C=N–C) groups is 1. The summed E-state index contributed by atoms with van der Waals surface area (Å²) >= 11 is 0. The molecule has 1 saturated heterocycles. The average Bonchev–Trinajstić information content (AvgIpc) is 3.25. The second-order valence-corrected chi connectivity index (χ2v) is 7.18. The van der Waals surface area contributed by atoms with E-state index < -0.39 is 0 Å². The first-order valence-corrected chi connectivity index (χ1v) is 9.85. The highest BCUT2D eigenvalue weighted by atomic mass is 16.5. The number of methoxy groups -OCH3 is 1. The number of hydrogen-bond acceptors (Lipinski definition) is 4. The maximum absolute atomic E-state index is 5.70. The van der Waals surface area contributed by atoms with Gasteiger partial charge in [0.2, 0.25) is 0 Å². The molecule has 1 aromatic heterocycles. The minimum absolute atomic E-state index is 0.410. The van der Waals surface area contributed by atoms with Gasteiger partial charge in [-0.1, -0.05) is 19.1 Å². The monoisotopic (exact) mass is 385 g/mol. The number of guanidine groups is 1. The lowest BCUT2D eigenvalue weighted by Crippen LogP contribution is -2.48. The Morgan fingerprint density at radius 3 is 3.00 bits per heavy atom. The number of imidazole rings is 1. The van der Waals surface area contributed by atoms with E-state index >= 15 is 0 Å². The number of rotatable bonds is 7. The van der Waals surface area contributed by atoms with Crippen molar-refractivity contribution in [2.75, 3.05) is 40.5 Å². The number of piperidine rings is 1. The minimum atomic E-state index is 0.410. The van der Waals surface area contributed by atoms with Crippen LogP contribution in [0, 0.1) is 5.92 Å². The molecule has 0 spiro atoms. The Balaban J connectivity index is 1.58. The van der Waals surface area contributed by atoms with Gasteiger partial charge < -0.3 is 24.3 Å². The van der Waals surface area contributed by atoms with Crippen molar-refractivity contribution in [2.45, 2.75) is 25.9 Å². The molecule has 1 fully saturated rings. The molecule has 152 valence electrons. The van der Waals surface area contributed by atoms with E-state index in [9.17, 15) is 0 Å². The van der Waals surface area contributed by atoms with Gasteiger partial charge in [0.1, 0.15) is 12.4 Å². The fourth-order valence-electron chi connectivity index (χ4n) is 3.60. The van der Waals surface area contributed by atoms with Crippen LogP contribution < -0.4 is 10.1 Å². The average molecular weight is 386 g/mol. The highest BCUT2D eigenvalue weighted by molar-refractivity contribution is 5.80. The molecule has 1 aliphatic rings. The van der Waals surface area contributed by atoms with Gasteiger partial charge in [-0.05, 0) is 30.0 Å². The van der Waals surface area contributed by atoms with Crippen molar-refractivity contribution < 1.29 is 9.47 Å². The first-order valence-electron chi connectivity index (χ1n) is 9.85. The molecule has 0 radical (unpaired) electrons. The second kappa shape index (κ2) is 10.1. The summed E-state index contributed by atoms with van der Waals surface area (Å²) in [6.07, 6.45) is 6.94. The molecule has 0 bridgehead atoms. The molecule has 1 aliphatic heterocycles. The Bertz CT molecular complexity index is 747. The first kappa shape index (κ1) is 20.2. The van der Waals surface area contributed by atoms with Gasteiger partial charge in [0.05, 0.1) is 19.0 Å². The first-order chi connectivity index (χ1) is 13.7. The van der Waals surface area contributed by atoms with Gasteiger partial charge in [-0.25, -0.2) is 4.98 Å². The normalized spacial score (nSPS) is 20.2. The third-order valence-electron chi connectivity index (χ3n) is 5.24. The van der Waals surface area contributed by atoms with Crippen LogP contribution in [0.1, 0.15) is 24.9 Å². The Kier molecular flexibility index (Phi) is 7.31. The number of likely N-dealkylation sites (tertiary alicyclic amines) is 1. The second-order valence-electron chi connectivity index (χ2n) is 7.18. The van der Waals surface area contributed by atoms with Crippen LogP contribution in [-0.4, -0.2) is 60.9 Å². The van der Waals surface area contributed by atoms with Crippen molar-refractivity contribution in [3.63, 3.8) is 0 Å². The molecule has 2 heterocycles. The number of benzene rings is 1. The van der Waals surface area contributed by atoms with E-state index in [1.165, 1.54) is 0 Å². The molecular weight excluding hydrogens is 354 g/mol. The number of aromatic nitrogens is 2. The van der Waals surface area contributed by atoms with Crippen LogP contribution in [0.25, 0.3) is 0 Å². The number of ether oxygens (including phenoxy) is 2. The summed E-state index contributed by atoms with van der Waals surface area (Å²) in [5.41, 5.74) is 1.16. The summed E-state index contributed by atoms with van der Waals surface area (Å²) in [5, 5.41) is 3.50. The predicted molar refractivity (Wildman–Crippen MR) is 111 cm³/mol. The van der Waals surface area contributed by atoms with Gasteiger partial charge in [-0.2, -0.15) is 0 Å². The largest absolute Gasteiger partial charge is 0.491 e. The Morgan fingerprint density at radius 1 is 1.36 bits per heavy atom. The zero-order chi connectivity index (χ0) is 19.8. The van der Waals surface area contributed by atoms with Gasteiger partial charge in [0.15, 0.2) is 5.96 Å². The smallest absolute Gasteiger partial charge is 0.193 e. The molecule has 7 heteroatoms. The maximum atomic E-state index is 5.70. The number of hydrogen-bond donors (Lipinski definition) is 1. The Morgan fingerprint density at radius 2 is 2.25 bits per heavy atom. The van der Waals surface area contributed by atoms with Gasteiger partial charge in [-0.3, -0.25) is 4.99 Å². The molecule has 2 atom stereocenters. The molecule has 7 nitrogen and oxygen atoms in total. The van der Waals surface area contributed by atoms with Crippen molar-refractivity contribution in [3.8, 4) is 5.75 Å². The molecule has 28 heavy (non-hydrogen) atoms. The van der Waals surface area contributed by atoms with Gasteiger partial charge in [0, 0.05) is 46.2 Å². The van der Waals surface area contributed by atoms with Crippen LogP contribution in [0.5, 0.6) is 5.75 Å². The van der Waals surface area contributed by atoms with Crippen LogP contribution in [0.2, 0.25) is 0 Å². The highest BCUT2D eigenvalue weighted by Gasteiger charge is 2.28. The molecule has 2 unspecified atom stereocenters. The Labute approximate surface area is 167 Å². The fraction of sp³-hybridized carbons (Fsp3) is 0.524. The van der Waals surface area contributed by atoms with Crippen LogP contribution in [-0.2, 0) is 11.3 Å². The van der Waals surface area contributed by atoms with Crippen LogP contribution >= 0.6 is 0 Å². The lowest BCUT2D eigenvalue weighted by Gasteiger charge is -2.39. The van der Waals surface area contributed by atoms with Crippen molar-refractivity contribution >= 4 is 5.96 Å². The van der Waals surface area contributed by atoms with E-state index in [0.29, 0.717) is 31.7 Å². The molecule has 0 aliphatic carbocycles. The standard InChI is InChI=1S/C21H31N5O2/c1-17-7-9-25(15-20(17)26-10-8-23-16-26)21(22-2)24-14-18-5-4-6-19(13-18)28-12-11-27-3/h4-6,8,10,13,16-17,20H,7,9,11-12,14-15H2,1-3H3,(H,22,24). The molecular formula is C21H31N5O2. The maximum Gasteiger partial charge on any atom is 0.193 e. The Hall–Kier alpha value is -2.54. The lowest BCUT2D eigenvalue weighted by atomic mass is 9.93. The van der Waals surface area contributed by atoms with E-state index in [4.69, 9.17) is 9.47 Å². The van der Waals surface area contributed by atoms with Crippen molar-refractivity contribution in [1.29, 1.82) is 0 Å². The highest BCUT2D eigenvalue weighted by Crippen LogP contribution is 2.27. The molecule has 3 rings (SSSR count). The van der Waals surface area contributed by atoms with Gasteiger partial charge in [-0.15, -0.1) is 0 Å². The van der Waals surface area contributed by atoms with Crippen molar-refractivity contribution in [1.82, 2.24) is 19.8 Å². The quantitative estimate of drug-likeness (QED) is 0.451. The molecule has 1 aromatic carbocycles. The van der Waals surface area contributed by atoms with Crippen molar-refractivity contribution in [3.05, 3.63) is 48.5 Å². The summed E-state index contributed by atoms with van der Waals surface area (Å²) in [5.74, 6) is 2.41. The third kappa shape index (κ3) is 5.25.